The molecular weight excluding hydrogens is 562 g/mol. The molecule has 0 aliphatic heterocycles. The van der Waals surface area contributed by atoms with Gasteiger partial charge in [0.2, 0.25) is 11.8 Å². The molecule has 232 valence electrons. The van der Waals surface area contributed by atoms with Crippen molar-refractivity contribution in [1.29, 1.82) is 0 Å². The summed E-state index contributed by atoms with van der Waals surface area (Å²) < 4.78 is 5.82. The summed E-state index contributed by atoms with van der Waals surface area (Å²) in [6, 6.07) is 24.2. The molecule has 0 fully saturated rings. The number of aliphatic hydroxyl groups excluding tert-OH is 2. The van der Waals surface area contributed by atoms with Crippen molar-refractivity contribution in [3.8, 4) is 22.5 Å². The van der Waals surface area contributed by atoms with Crippen molar-refractivity contribution in [2.24, 2.45) is 0 Å². The summed E-state index contributed by atoms with van der Waals surface area (Å²) in [7, 11) is 0. The van der Waals surface area contributed by atoms with Crippen LogP contribution in [-0.4, -0.2) is 80.1 Å². The number of nitrogens with one attached hydrogen (secondary N) is 4. The number of amides is 2. The number of tetrazole rings is 1. The number of hydrogen-bond donors (Lipinski definition) is 6. The molecule has 2 atom stereocenters. The predicted octanol–water partition coefficient (Wildman–Crippen LogP) is 1.96. The number of aromatic amines is 1. The lowest BCUT2D eigenvalue weighted by molar-refractivity contribution is -0.131. The molecule has 3 aromatic carbocycles. The zero-order valence-corrected chi connectivity index (χ0v) is 24.9. The Balaban J connectivity index is 1.38. The van der Waals surface area contributed by atoms with E-state index in [4.69, 9.17) is 9.84 Å². The van der Waals surface area contributed by atoms with Gasteiger partial charge in [-0.05, 0) is 46.5 Å². The first-order chi connectivity index (χ1) is 21.2. The summed E-state index contributed by atoms with van der Waals surface area (Å²) in [5, 5.41) is 41.7. The molecular formula is C32H39N7O5. The molecule has 2 amide bonds. The maximum Gasteiger partial charge on any atom is 0.245 e. The Kier molecular flexibility index (Phi) is 11.7. The molecule has 0 aliphatic rings. The number of hydrogen-bond acceptors (Lipinski definition) is 9. The first kappa shape index (κ1) is 32.4. The van der Waals surface area contributed by atoms with E-state index in [1.54, 1.807) is 0 Å². The van der Waals surface area contributed by atoms with E-state index >= 15 is 0 Å². The van der Waals surface area contributed by atoms with E-state index in [9.17, 15) is 14.7 Å². The number of aromatic nitrogens is 4. The molecule has 6 N–H and O–H groups in total. The maximum atomic E-state index is 13.3. The molecule has 0 saturated heterocycles. The Labute approximate surface area is 256 Å². The van der Waals surface area contributed by atoms with Gasteiger partial charge in [-0.1, -0.05) is 78.9 Å². The molecule has 0 bridgehead atoms. The first-order valence-electron chi connectivity index (χ1n) is 14.4. The predicted molar refractivity (Wildman–Crippen MR) is 165 cm³/mol. The largest absolute Gasteiger partial charge is 0.394 e. The zero-order chi connectivity index (χ0) is 31.4. The number of benzene rings is 3. The van der Waals surface area contributed by atoms with Gasteiger partial charge in [-0.15, -0.1) is 5.10 Å². The van der Waals surface area contributed by atoms with E-state index in [1.165, 1.54) is 0 Å². The highest BCUT2D eigenvalue weighted by Crippen LogP contribution is 2.29. The Hall–Kier alpha value is -4.49. The third kappa shape index (κ3) is 9.78. The Bertz CT molecular complexity index is 1460. The number of H-pyrrole nitrogens is 1. The topological polar surface area (TPSA) is 174 Å². The van der Waals surface area contributed by atoms with Gasteiger partial charge >= 0.3 is 0 Å². The second-order valence-corrected chi connectivity index (χ2v) is 11.1. The van der Waals surface area contributed by atoms with Crippen LogP contribution in [0.3, 0.4) is 0 Å². The zero-order valence-electron chi connectivity index (χ0n) is 24.9. The van der Waals surface area contributed by atoms with Crippen LogP contribution in [0.5, 0.6) is 0 Å². The number of carbonyl (C=O) groups is 2. The molecule has 0 aliphatic carbocycles. The van der Waals surface area contributed by atoms with Gasteiger partial charge in [0, 0.05) is 30.6 Å². The van der Waals surface area contributed by atoms with Crippen molar-refractivity contribution in [3.05, 3.63) is 90.0 Å². The number of carbonyl (C=O) groups excluding carboxylic acids is 2. The summed E-state index contributed by atoms with van der Waals surface area (Å²) in [6.45, 7) is 3.89. The van der Waals surface area contributed by atoms with Crippen molar-refractivity contribution < 1.29 is 24.5 Å². The standard InChI is InChI=1S/C32H39N7O5/c1-32(2,34-18-25(41)19-40)16-29(42)35-28(21-44-20-23-8-4-3-5-9-23)31(43)33-17-22-12-14-24(15-13-22)26-10-6-7-11-27(26)30-36-38-39-37-30/h3-15,25,28,34,40-41H,16-21H2,1-2H3,(H,33,43)(H,35,42)(H,36,37,38,39)/t25-,28+/m0/s1. The van der Waals surface area contributed by atoms with Crippen LogP contribution >= 0.6 is 0 Å². The van der Waals surface area contributed by atoms with E-state index in [1.807, 2.05) is 92.7 Å². The van der Waals surface area contributed by atoms with E-state index in [0.29, 0.717) is 12.4 Å². The van der Waals surface area contributed by atoms with Gasteiger partial charge in [-0.2, -0.15) is 0 Å². The van der Waals surface area contributed by atoms with Gasteiger partial charge in [-0.25, -0.2) is 5.10 Å². The monoisotopic (exact) mass is 601 g/mol. The molecule has 0 spiro atoms. The van der Waals surface area contributed by atoms with Crippen LogP contribution in [0.2, 0.25) is 0 Å². The average molecular weight is 602 g/mol. The van der Waals surface area contributed by atoms with Crippen molar-refractivity contribution >= 4 is 11.8 Å². The molecule has 12 nitrogen and oxygen atoms in total. The fourth-order valence-corrected chi connectivity index (χ4v) is 4.55. The first-order valence-corrected chi connectivity index (χ1v) is 14.4. The summed E-state index contributed by atoms with van der Waals surface area (Å²) in [6.07, 6.45) is -0.891. The number of rotatable bonds is 16. The fraction of sp³-hybridized carbons (Fsp3) is 0.344. The summed E-state index contributed by atoms with van der Waals surface area (Å²) in [5.41, 5.74) is 3.94. The van der Waals surface area contributed by atoms with Crippen LogP contribution < -0.4 is 16.0 Å². The third-order valence-electron chi connectivity index (χ3n) is 6.94. The van der Waals surface area contributed by atoms with Gasteiger partial charge < -0.3 is 30.9 Å². The lowest BCUT2D eigenvalue weighted by Gasteiger charge is -2.28. The van der Waals surface area contributed by atoms with E-state index in [2.05, 4.69) is 36.6 Å². The Morgan fingerprint density at radius 1 is 0.955 bits per heavy atom. The molecule has 1 aromatic heterocycles. The van der Waals surface area contributed by atoms with Crippen LogP contribution in [0.25, 0.3) is 22.5 Å². The highest BCUT2D eigenvalue weighted by atomic mass is 16.5. The van der Waals surface area contributed by atoms with Crippen LogP contribution in [0.4, 0.5) is 0 Å². The third-order valence-corrected chi connectivity index (χ3v) is 6.94. The summed E-state index contributed by atoms with van der Waals surface area (Å²) in [4.78, 5) is 26.2. The van der Waals surface area contributed by atoms with Crippen molar-refractivity contribution in [2.75, 3.05) is 19.8 Å². The van der Waals surface area contributed by atoms with Gasteiger partial charge in [0.1, 0.15) is 6.04 Å². The minimum absolute atomic E-state index is 0.0181. The fourth-order valence-electron chi connectivity index (χ4n) is 4.55. The molecule has 4 rings (SSSR count). The number of nitrogens with zero attached hydrogens (tertiary/aromatic N) is 3. The Morgan fingerprint density at radius 2 is 1.66 bits per heavy atom. The smallest absolute Gasteiger partial charge is 0.245 e. The molecule has 44 heavy (non-hydrogen) atoms. The second-order valence-electron chi connectivity index (χ2n) is 11.1. The van der Waals surface area contributed by atoms with Gasteiger partial charge in [-0.3, -0.25) is 9.59 Å². The lowest BCUT2D eigenvalue weighted by Crippen LogP contribution is -2.52. The van der Waals surface area contributed by atoms with Gasteiger partial charge in [0.15, 0.2) is 5.82 Å². The van der Waals surface area contributed by atoms with Crippen molar-refractivity contribution in [2.45, 2.75) is 51.1 Å². The molecule has 4 aromatic rings. The lowest BCUT2D eigenvalue weighted by atomic mass is 9.98. The molecule has 12 heteroatoms. The summed E-state index contributed by atoms with van der Waals surface area (Å²) in [5.74, 6) is -0.157. The second kappa shape index (κ2) is 15.8. The Morgan fingerprint density at radius 3 is 2.34 bits per heavy atom. The minimum Gasteiger partial charge on any atom is -0.394 e. The molecule has 0 unspecified atom stereocenters. The molecule has 0 radical (unpaired) electrons. The SMILES string of the molecule is CC(C)(CC(=O)N[C@H](COCc1ccccc1)C(=O)NCc1ccc(-c2ccccc2-c2nnn[nH]2)cc1)NC[C@H](O)CO. The highest BCUT2D eigenvalue weighted by Gasteiger charge is 2.26. The van der Waals surface area contributed by atoms with Crippen LogP contribution in [0.1, 0.15) is 31.4 Å². The van der Waals surface area contributed by atoms with Crippen molar-refractivity contribution in [1.82, 2.24) is 36.6 Å². The van der Waals surface area contributed by atoms with E-state index in [-0.39, 0.29) is 44.5 Å². The van der Waals surface area contributed by atoms with Crippen molar-refractivity contribution in [3.63, 3.8) is 0 Å². The number of β-amino-alcohol motifs (C(OH)–C–C–N with tert-alkyl or cyclic N) is 1. The molecule has 0 saturated carbocycles. The normalized spacial score (nSPS) is 12.8. The summed E-state index contributed by atoms with van der Waals surface area (Å²) >= 11 is 0. The minimum atomic E-state index is -0.934. The van der Waals surface area contributed by atoms with E-state index in [0.717, 1.165) is 27.8 Å². The number of aliphatic hydroxyl groups is 2. The molecule has 1 heterocycles. The van der Waals surface area contributed by atoms with Crippen LogP contribution in [0, 0.1) is 0 Å². The maximum absolute atomic E-state index is 13.3. The van der Waals surface area contributed by atoms with Crippen LogP contribution in [0.15, 0.2) is 78.9 Å². The quantitative estimate of drug-likeness (QED) is 0.112. The van der Waals surface area contributed by atoms with E-state index < -0.39 is 17.7 Å². The average Bonchev–Trinajstić information content (AvgIpc) is 3.58. The highest BCUT2D eigenvalue weighted by molar-refractivity contribution is 5.88. The number of ether oxygens (including phenoxy) is 1. The van der Waals surface area contributed by atoms with Gasteiger partial charge in [0.25, 0.3) is 0 Å². The van der Waals surface area contributed by atoms with Crippen LogP contribution in [-0.2, 0) is 27.5 Å². The van der Waals surface area contributed by atoms with Gasteiger partial charge in [0.05, 0.1) is 25.9 Å².